The topological polar surface area (TPSA) is 91.0 Å². The zero-order valence-corrected chi connectivity index (χ0v) is 25.3. The van der Waals surface area contributed by atoms with E-state index < -0.39 is 29.6 Å². The monoisotopic (exact) mass is 584 g/mol. The molecule has 0 radical (unpaired) electrons. The molecule has 1 aliphatic carbocycles. The molecule has 8 nitrogen and oxygen atoms in total. The molecule has 41 heavy (non-hydrogen) atoms. The lowest BCUT2D eigenvalue weighted by atomic mass is 9.73. The van der Waals surface area contributed by atoms with Crippen molar-refractivity contribution in [2.45, 2.75) is 83.1 Å². The summed E-state index contributed by atoms with van der Waals surface area (Å²) in [4.78, 5) is 46.2. The molecule has 4 aliphatic heterocycles. The van der Waals surface area contributed by atoms with Crippen LogP contribution in [-0.2, 0) is 19.1 Å². The second-order valence-electron chi connectivity index (χ2n) is 12.9. The fourth-order valence-corrected chi connectivity index (χ4v) is 7.97. The number of carbonyl (C=O) groups excluding carboxylic acids is 3. The van der Waals surface area contributed by atoms with Gasteiger partial charge in [-0.25, -0.2) is 0 Å². The van der Waals surface area contributed by atoms with E-state index in [1.165, 1.54) is 19.3 Å². The molecule has 4 heterocycles. The van der Waals surface area contributed by atoms with Gasteiger partial charge in [-0.15, -0.1) is 12.4 Å². The van der Waals surface area contributed by atoms with Gasteiger partial charge in [-0.05, 0) is 81.8 Å². The van der Waals surface area contributed by atoms with E-state index in [0.717, 1.165) is 44.5 Å². The van der Waals surface area contributed by atoms with Crippen LogP contribution >= 0.6 is 12.4 Å². The third-order valence-corrected chi connectivity index (χ3v) is 10.3. The Morgan fingerprint density at radius 1 is 1.07 bits per heavy atom. The number of halogens is 1. The molecule has 3 saturated heterocycles. The van der Waals surface area contributed by atoms with Crippen LogP contribution in [0.5, 0.6) is 0 Å². The Morgan fingerprint density at radius 2 is 1.85 bits per heavy atom. The lowest BCUT2D eigenvalue weighted by Crippen LogP contribution is -2.58. The van der Waals surface area contributed by atoms with Gasteiger partial charge in [-0.3, -0.25) is 14.4 Å². The van der Waals surface area contributed by atoms with Crippen LogP contribution in [0.2, 0.25) is 0 Å². The molecule has 3 amide bonds. The molecule has 5 aliphatic rings. The van der Waals surface area contributed by atoms with Crippen molar-refractivity contribution in [3.8, 4) is 0 Å². The molecule has 1 saturated carbocycles. The van der Waals surface area contributed by atoms with Crippen molar-refractivity contribution in [2.75, 3.05) is 31.5 Å². The van der Waals surface area contributed by atoms with E-state index in [4.69, 9.17) is 4.74 Å². The Hall–Kier alpha value is -2.42. The van der Waals surface area contributed by atoms with Crippen molar-refractivity contribution in [1.29, 1.82) is 0 Å². The lowest BCUT2D eigenvalue weighted by Gasteiger charge is -2.38. The molecule has 224 valence electrons. The standard InChI is InChI=1S/C32H44N4O4.ClH/c1-20-9-6-11-23(19-20)33-29(37)26-25-13-14-32(40-25)27(26)31(39)36(18-8-17-35-15-4-5-16-35)28(32)30(38)34-24-12-7-10-21(2)22(24)3;/h6,9,11,13-14,19,21-22,24-28H,4-5,7-8,10,12,15-18H2,1-3H3,(H,33,37)(H,34,38);1H. The zero-order chi connectivity index (χ0) is 28.0. The van der Waals surface area contributed by atoms with Crippen LogP contribution in [-0.4, -0.2) is 77.5 Å². The molecular formula is C32H45ClN4O4. The fraction of sp³-hybridized carbons (Fsp3) is 0.656. The number of aryl methyl sites for hydroxylation is 1. The fourth-order valence-electron chi connectivity index (χ4n) is 7.97. The van der Waals surface area contributed by atoms with Crippen molar-refractivity contribution in [3.05, 3.63) is 42.0 Å². The molecule has 2 N–H and O–H groups in total. The second-order valence-corrected chi connectivity index (χ2v) is 12.9. The number of hydrogen-bond donors (Lipinski definition) is 2. The first-order valence-corrected chi connectivity index (χ1v) is 15.4. The Bertz CT molecular complexity index is 1190. The van der Waals surface area contributed by atoms with E-state index in [1.54, 1.807) is 4.90 Å². The van der Waals surface area contributed by atoms with E-state index in [2.05, 4.69) is 29.4 Å². The number of nitrogens with zero attached hydrogens (tertiary/aromatic N) is 2. The number of ether oxygens (including phenoxy) is 1. The highest BCUT2D eigenvalue weighted by Gasteiger charge is 2.72. The SMILES string of the molecule is Cc1cccc(NC(=O)C2C3C=CC4(O3)C2C(=O)N(CCCN2CCCC2)C4C(=O)NC2CCCC(C)C2C)c1.Cl. The lowest BCUT2D eigenvalue weighted by molar-refractivity contribution is -0.141. The van der Waals surface area contributed by atoms with Crippen LogP contribution in [0.3, 0.4) is 0 Å². The molecule has 0 aromatic heterocycles. The van der Waals surface area contributed by atoms with Gasteiger partial charge >= 0.3 is 0 Å². The van der Waals surface area contributed by atoms with Crippen LogP contribution in [0.25, 0.3) is 0 Å². The van der Waals surface area contributed by atoms with Crippen LogP contribution in [0.1, 0.15) is 57.9 Å². The number of amides is 3. The maximum absolute atomic E-state index is 14.2. The van der Waals surface area contributed by atoms with Crippen molar-refractivity contribution in [1.82, 2.24) is 15.1 Å². The highest BCUT2D eigenvalue weighted by molar-refractivity contribution is 6.02. The number of carbonyl (C=O) groups is 3. The summed E-state index contributed by atoms with van der Waals surface area (Å²) in [5.74, 6) is -0.984. The summed E-state index contributed by atoms with van der Waals surface area (Å²) < 4.78 is 6.52. The van der Waals surface area contributed by atoms with Crippen molar-refractivity contribution in [3.63, 3.8) is 0 Å². The zero-order valence-electron chi connectivity index (χ0n) is 24.5. The van der Waals surface area contributed by atoms with Gasteiger partial charge in [0.1, 0.15) is 11.6 Å². The first-order valence-electron chi connectivity index (χ1n) is 15.4. The Labute approximate surface area is 250 Å². The van der Waals surface area contributed by atoms with Crippen LogP contribution in [0.4, 0.5) is 5.69 Å². The summed E-state index contributed by atoms with van der Waals surface area (Å²) in [7, 11) is 0. The quantitative estimate of drug-likeness (QED) is 0.452. The third kappa shape index (κ3) is 5.43. The van der Waals surface area contributed by atoms with Crippen molar-refractivity contribution >= 4 is 35.8 Å². The van der Waals surface area contributed by atoms with Crippen molar-refractivity contribution in [2.24, 2.45) is 23.7 Å². The molecule has 6 rings (SSSR count). The van der Waals surface area contributed by atoms with Gasteiger partial charge in [0.25, 0.3) is 0 Å². The van der Waals surface area contributed by atoms with Gasteiger partial charge < -0.3 is 25.2 Å². The van der Waals surface area contributed by atoms with Gasteiger partial charge in [0.15, 0.2) is 0 Å². The molecule has 1 spiro atoms. The Balaban J connectivity index is 0.00000337. The van der Waals surface area contributed by atoms with E-state index in [-0.39, 0.29) is 36.2 Å². The Kier molecular flexibility index (Phi) is 8.84. The van der Waals surface area contributed by atoms with Crippen LogP contribution in [0, 0.1) is 30.6 Å². The second kappa shape index (κ2) is 12.1. The van der Waals surface area contributed by atoms with E-state index in [0.29, 0.717) is 24.1 Å². The minimum Gasteiger partial charge on any atom is -0.359 e. The van der Waals surface area contributed by atoms with Gasteiger partial charge in [-0.2, -0.15) is 0 Å². The molecule has 4 fully saturated rings. The number of fused-ring (bicyclic) bond motifs is 1. The highest BCUT2D eigenvalue weighted by Crippen LogP contribution is 2.55. The Morgan fingerprint density at radius 3 is 2.61 bits per heavy atom. The summed E-state index contributed by atoms with van der Waals surface area (Å²) in [6, 6.07) is 6.96. The highest BCUT2D eigenvalue weighted by atomic mass is 35.5. The maximum Gasteiger partial charge on any atom is 0.246 e. The smallest absolute Gasteiger partial charge is 0.246 e. The van der Waals surface area contributed by atoms with Crippen LogP contribution < -0.4 is 10.6 Å². The number of likely N-dealkylation sites (tertiary alicyclic amines) is 2. The maximum atomic E-state index is 14.2. The minimum atomic E-state index is -1.11. The van der Waals surface area contributed by atoms with E-state index >= 15 is 0 Å². The third-order valence-electron chi connectivity index (χ3n) is 10.3. The summed E-state index contributed by atoms with van der Waals surface area (Å²) in [6.07, 6.45) is 9.73. The van der Waals surface area contributed by atoms with Crippen molar-refractivity contribution < 1.29 is 19.1 Å². The van der Waals surface area contributed by atoms with Crippen LogP contribution in [0.15, 0.2) is 36.4 Å². The molecular weight excluding hydrogens is 540 g/mol. The van der Waals surface area contributed by atoms with Gasteiger partial charge in [-0.1, -0.05) is 51.0 Å². The summed E-state index contributed by atoms with van der Waals surface area (Å²) in [6.45, 7) is 10.0. The van der Waals surface area contributed by atoms with E-state index in [1.807, 2.05) is 43.3 Å². The summed E-state index contributed by atoms with van der Waals surface area (Å²) in [5.41, 5.74) is 0.633. The first-order chi connectivity index (χ1) is 19.3. The van der Waals surface area contributed by atoms with E-state index in [9.17, 15) is 14.4 Å². The number of anilines is 1. The first kappa shape index (κ1) is 30.1. The van der Waals surface area contributed by atoms with Gasteiger partial charge in [0, 0.05) is 18.3 Å². The molecule has 1 aromatic carbocycles. The summed E-state index contributed by atoms with van der Waals surface area (Å²) >= 11 is 0. The molecule has 1 aromatic rings. The molecule has 2 bridgehead atoms. The molecule has 8 atom stereocenters. The average molecular weight is 585 g/mol. The largest absolute Gasteiger partial charge is 0.359 e. The predicted molar refractivity (Wildman–Crippen MR) is 161 cm³/mol. The van der Waals surface area contributed by atoms with Gasteiger partial charge in [0.05, 0.1) is 17.9 Å². The number of rotatable bonds is 8. The number of nitrogens with one attached hydrogen (secondary N) is 2. The normalized spacial score (nSPS) is 35.8. The average Bonchev–Trinajstić information content (AvgIpc) is 3.70. The minimum absolute atomic E-state index is 0. The summed E-state index contributed by atoms with van der Waals surface area (Å²) in [5, 5.41) is 6.37. The molecule has 9 heteroatoms. The number of hydrogen-bond acceptors (Lipinski definition) is 5. The van der Waals surface area contributed by atoms with Gasteiger partial charge in [0.2, 0.25) is 17.7 Å². The predicted octanol–water partition coefficient (Wildman–Crippen LogP) is 3.93. The number of benzene rings is 1. The molecule has 8 unspecified atom stereocenters.